The van der Waals surface area contributed by atoms with E-state index in [-0.39, 0.29) is 63.9 Å². The zero-order valence-corrected chi connectivity index (χ0v) is 13.0. The number of carbonyl (C=O) groups is 1. The van der Waals surface area contributed by atoms with Crippen LogP contribution in [0.4, 0.5) is 12.9 Å². The molecule has 0 radical (unpaired) electrons. The summed E-state index contributed by atoms with van der Waals surface area (Å²) in [5, 5.41) is 0. The molecule has 1 saturated carbocycles. The molecule has 0 aliphatic heterocycles. The number of esters is 1. The average molecular weight is 272 g/mol. The zero-order valence-electron chi connectivity index (χ0n) is 9.91. The van der Waals surface area contributed by atoms with Crippen molar-refractivity contribution in [3.63, 3.8) is 0 Å². The number of allylic oxidation sites excluding steroid dienone is 2. The predicted molar refractivity (Wildman–Crippen MR) is 53.7 cm³/mol. The molecular formula is C10H13BF3KO2. The first-order chi connectivity index (χ1) is 7.45. The topological polar surface area (TPSA) is 26.3 Å². The fourth-order valence-corrected chi connectivity index (χ4v) is 2.95. The van der Waals surface area contributed by atoms with Crippen molar-refractivity contribution in [3.05, 3.63) is 12.2 Å². The van der Waals surface area contributed by atoms with Gasteiger partial charge in [-0.15, -0.1) is 0 Å². The molecule has 0 heterocycles. The van der Waals surface area contributed by atoms with E-state index in [9.17, 15) is 17.7 Å². The summed E-state index contributed by atoms with van der Waals surface area (Å²) in [6, 6.07) is 0. The van der Waals surface area contributed by atoms with E-state index in [1.807, 2.05) is 0 Å². The molecule has 0 amide bonds. The SMILES string of the molecule is CCOC(=O)[C@@H]1[C@@H]([B-](F)(F)F)[C@H]2C=C[C@@H]1C2.[K+]. The van der Waals surface area contributed by atoms with Gasteiger partial charge in [0.05, 0.1) is 6.61 Å². The van der Waals surface area contributed by atoms with Crippen molar-refractivity contribution in [2.75, 3.05) is 6.61 Å². The Hall–Kier alpha value is 0.701. The molecule has 0 unspecified atom stereocenters. The zero-order chi connectivity index (χ0) is 11.9. The summed E-state index contributed by atoms with van der Waals surface area (Å²) >= 11 is 0. The smallest absolute Gasteiger partial charge is 0.466 e. The van der Waals surface area contributed by atoms with Gasteiger partial charge in [-0.2, -0.15) is 0 Å². The van der Waals surface area contributed by atoms with Crippen molar-refractivity contribution in [1.29, 1.82) is 0 Å². The molecule has 0 aromatic carbocycles. The number of hydrogen-bond donors (Lipinski definition) is 0. The number of ether oxygens (including phenoxy) is 1. The second kappa shape index (κ2) is 5.78. The number of rotatable bonds is 3. The van der Waals surface area contributed by atoms with Crippen LogP contribution < -0.4 is 51.4 Å². The van der Waals surface area contributed by atoms with Gasteiger partial charge >= 0.3 is 64.3 Å². The average Bonchev–Trinajstić information content (AvgIpc) is 2.74. The van der Waals surface area contributed by atoms with Crippen LogP contribution in [0, 0.1) is 17.8 Å². The van der Waals surface area contributed by atoms with Crippen molar-refractivity contribution in [2.24, 2.45) is 17.8 Å². The molecule has 2 rings (SSSR count). The van der Waals surface area contributed by atoms with Crippen LogP contribution in [0.2, 0.25) is 5.82 Å². The van der Waals surface area contributed by atoms with Crippen molar-refractivity contribution in [2.45, 2.75) is 19.2 Å². The maximum Gasteiger partial charge on any atom is 1.00 e. The van der Waals surface area contributed by atoms with Crippen molar-refractivity contribution in [1.82, 2.24) is 0 Å². The van der Waals surface area contributed by atoms with Crippen LogP contribution in [0.25, 0.3) is 0 Å². The van der Waals surface area contributed by atoms with Gasteiger partial charge in [-0.1, -0.05) is 18.0 Å². The normalized spacial score (nSPS) is 34.6. The molecule has 90 valence electrons. The maximum absolute atomic E-state index is 12.9. The Morgan fingerprint density at radius 3 is 2.47 bits per heavy atom. The van der Waals surface area contributed by atoms with Gasteiger partial charge in [0.25, 0.3) is 0 Å². The van der Waals surface area contributed by atoms with E-state index >= 15 is 0 Å². The molecule has 1 fully saturated rings. The Morgan fingerprint density at radius 2 is 1.94 bits per heavy atom. The number of halogens is 3. The van der Waals surface area contributed by atoms with Crippen LogP contribution >= 0.6 is 0 Å². The first-order valence-electron chi connectivity index (χ1n) is 5.50. The van der Waals surface area contributed by atoms with Gasteiger partial charge in [-0.05, 0) is 25.2 Å². The fraction of sp³-hybridized carbons (Fsp3) is 0.700. The molecule has 0 aromatic heterocycles. The van der Waals surface area contributed by atoms with Crippen LogP contribution in [0.15, 0.2) is 12.2 Å². The van der Waals surface area contributed by atoms with Gasteiger partial charge in [-0.25, -0.2) is 0 Å². The molecule has 2 bridgehead atoms. The number of hydrogen-bond acceptors (Lipinski definition) is 2. The van der Waals surface area contributed by atoms with Crippen LogP contribution in [-0.2, 0) is 9.53 Å². The standard InChI is InChI=1S/C10H13BF3O2.K/c1-2-16-10(15)8-6-3-4-7(5-6)9(8)11(12,13)14;/h3-4,6-9H,2,5H2,1H3;/q-1;+1/t6-,7+,8+,9+;/m1./s1. The fourth-order valence-electron chi connectivity index (χ4n) is 2.95. The van der Waals surface area contributed by atoms with E-state index in [0.29, 0.717) is 6.42 Å². The van der Waals surface area contributed by atoms with Crippen molar-refractivity contribution >= 4 is 12.9 Å². The molecule has 17 heavy (non-hydrogen) atoms. The van der Waals surface area contributed by atoms with E-state index in [2.05, 4.69) is 0 Å². The summed E-state index contributed by atoms with van der Waals surface area (Å²) in [5.41, 5.74) is 0. The maximum atomic E-state index is 12.9. The molecular weight excluding hydrogens is 259 g/mol. The Morgan fingerprint density at radius 1 is 1.35 bits per heavy atom. The third-order valence-corrected chi connectivity index (χ3v) is 3.52. The van der Waals surface area contributed by atoms with E-state index in [4.69, 9.17) is 4.74 Å². The van der Waals surface area contributed by atoms with Crippen LogP contribution in [-0.4, -0.2) is 19.6 Å². The van der Waals surface area contributed by atoms with E-state index in [1.54, 1.807) is 19.1 Å². The molecule has 4 atom stereocenters. The van der Waals surface area contributed by atoms with E-state index in [1.165, 1.54) is 0 Å². The van der Waals surface area contributed by atoms with Gasteiger partial charge in [0.2, 0.25) is 0 Å². The largest absolute Gasteiger partial charge is 1.00 e. The van der Waals surface area contributed by atoms with E-state index in [0.717, 1.165) is 0 Å². The Labute approximate surface area is 141 Å². The van der Waals surface area contributed by atoms with Gasteiger partial charge in [-0.3, -0.25) is 4.79 Å². The Balaban J connectivity index is 0.00000144. The Kier molecular flexibility index (Phi) is 5.35. The second-order valence-electron chi connectivity index (χ2n) is 4.43. The Bertz CT molecular complexity index is 332. The third-order valence-electron chi connectivity index (χ3n) is 3.52. The minimum Gasteiger partial charge on any atom is -0.466 e. The minimum absolute atomic E-state index is 0. The van der Waals surface area contributed by atoms with Crippen LogP contribution in [0.3, 0.4) is 0 Å². The van der Waals surface area contributed by atoms with Crippen molar-refractivity contribution in [3.8, 4) is 0 Å². The molecule has 0 saturated heterocycles. The number of carbonyl (C=O) groups excluding carboxylic acids is 1. The quantitative estimate of drug-likeness (QED) is 0.397. The number of fused-ring (bicyclic) bond motifs is 2. The van der Waals surface area contributed by atoms with Crippen molar-refractivity contribution < 1.29 is 73.9 Å². The van der Waals surface area contributed by atoms with Gasteiger partial charge in [0, 0.05) is 5.92 Å². The molecule has 7 heteroatoms. The summed E-state index contributed by atoms with van der Waals surface area (Å²) in [6.45, 7) is -3.24. The molecule has 0 N–H and O–H groups in total. The predicted octanol–water partition coefficient (Wildman–Crippen LogP) is -0.407. The summed E-state index contributed by atoms with van der Waals surface area (Å²) in [6.07, 6.45) is 3.76. The molecule has 0 aromatic rings. The molecule has 2 aliphatic rings. The minimum atomic E-state index is -4.98. The molecule has 2 nitrogen and oxygen atoms in total. The summed E-state index contributed by atoms with van der Waals surface area (Å²) in [5.74, 6) is -3.98. The summed E-state index contributed by atoms with van der Waals surface area (Å²) in [7, 11) is 0. The first kappa shape index (κ1) is 15.8. The van der Waals surface area contributed by atoms with Gasteiger partial charge < -0.3 is 17.7 Å². The van der Waals surface area contributed by atoms with Crippen LogP contribution in [0.5, 0.6) is 0 Å². The van der Waals surface area contributed by atoms with Gasteiger partial charge in [0.1, 0.15) is 0 Å². The summed E-state index contributed by atoms with van der Waals surface area (Å²) < 4.78 is 43.4. The third kappa shape index (κ3) is 3.00. The van der Waals surface area contributed by atoms with E-state index < -0.39 is 30.6 Å². The van der Waals surface area contributed by atoms with Crippen LogP contribution in [0.1, 0.15) is 13.3 Å². The molecule has 2 aliphatic carbocycles. The first-order valence-corrected chi connectivity index (χ1v) is 5.50. The van der Waals surface area contributed by atoms with Gasteiger partial charge in [0.15, 0.2) is 0 Å². The summed E-state index contributed by atoms with van der Waals surface area (Å²) in [4.78, 5) is 11.5. The molecule has 0 spiro atoms. The second-order valence-corrected chi connectivity index (χ2v) is 4.43. The monoisotopic (exact) mass is 272 g/mol.